The molecule has 0 aromatic rings. The first-order valence-corrected chi connectivity index (χ1v) is 4.78. The second-order valence-corrected chi connectivity index (χ2v) is 3.75. The van der Waals surface area contributed by atoms with E-state index in [2.05, 4.69) is 11.9 Å². The number of hydrogen-bond donors (Lipinski definition) is 0. The molecule has 13 heavy (non-hydrogen) atoms. The summed E-state index contributed by atoms with van der Waals surface area (Å²) in [5.74, 6) is 0.642. The molecule has 78 valence electrons. The molecular weight excluding hydrogens is 281 g/mol. The molecule has 2 heterocycles. The molecule has 2 aliphatic heterocycles. The smallest absolute Gasteiger partial charge is 0.160 e. The van der Waals surface area contributed by atoms with Crippen LogP contribution in [0, 0.1) is 5.92 Å². The summed E-state index contributed by atoms with van der Waals surface area (Å²) < 4.78 is 11.0. The van der Waals surface area contributed by atoms with E-state index < -0.39 is 0 Å². The second kappa shape index (κ2) is 5.48. The number of piperidine rings is 1. The number of likely N-dealkylation sites (tertiary alicyclic amines) is 1. The minimum absolute atomic E-state index is 0. The zero-order valence-electron chi connectivity index (χ0n) is 8.07. The number of nitrogens with zero attached hydrogens (tertiary/aromatic N) is 1. The second-order valence-electron chi connectivity index (χ2n) is 3.75. The van der Waals surface area contributed by atoms with Crippen molar-refractivity contribution in [2.75, 3.05) is 33.4 Å². The Labute approximate surface area is 96.8 Å². The molecule has 0 saturated carbocycles. The van der Waals surface area contributed by atoms with Crippen LogP contribution in [0.5, 0.6) is 0 Å². The molecule has 0 aromatic heterocycles. The van der Waals surface area contributed by atoms with E-state index in [4.69, 9.17) is 9.47 Å². The Morgan fingerprint density at radius 2 is 1.62 bits per heavy atom. The van der Waals surface area contributed by atoms with Gasteiger partial charge in [-0.3, -0.25) is 0 Å². The van der Waals surface area contributed by atoms with Crippen LogP contribution in [0.4, 0.5) is 0 Å². The molecule has 2 rings (SSSR count). The van der Waals surface area contributed by atoms with Gasteiger partial charge in [0.05, 0.1) is 13.2 Å². The van der Waals surface area contributed by atoms with Gasteiger partial charge in [-0.25, -0.2) is 0 Å². The summed E-state index contributed by atoms with van der Waals surface area (Å²) in [7, 11) is 2.17. The van der Waals surface area contributed by atoms with E-state index in [9.17, 15) is 0 Å². The maximum Gasteiger partial charge on any atom is 0.160 e. The fourth-order valence-electron chi connectivity index (χ4n) is 1.95. The molecule has 0 aromatic carbocycles. The predicted octanol–water partition coefficient (Wildman–Crippen LogP) is 1.32. The van der Waals surface area contributed by atoms with Crippen LogP contribution in [-0.2, 0) is 9.47 Å². The maximum absolute atomic E-state index is 5.49. The van der Waals surface area contributed by atoms with Crippen LogP contribution < -0.4 is 0 Å². The van der Waals surface area contributed by atoms with Crippen molar-refractivity contribution in [1.82, 2.24) is 4.90 Å². The summed E-state index contributed by atoms with van der Waals surface area (Å²) in [6.07, 6.45) is 2.56. The summed E-state index contributed by atoms with van der Waals surface area (Å²) in [4.78, 5) is 2.37. The first-order chi connectivity index (χ1) is 5.86. The normalized spacial score (nSPS) is 27.5. The van der Waals surface area contributed by atoms with Crippen LogP contribution in [-0.4, -0.2) is 44.5 Å². The Morgan fingerprint density at radius 1 is 1.08 bits per heavy atom. The van der Waals surface area contributed by atoms with E-state index in [0.29, 0.717) is 5.92 Å². The van der Waals surface area contributed by atoms with Gasteiger partial charge < -0.3 is 14.4 Å². The lowest BCUT2D eigenvalue weighted by Gasteiger charge is -2.31. The number of halogens is 1. The first kappa shape index (κ1) is 11.7. The maximum atomic E-state index is 5.49. The Balaban J connectivity index is 0.000000845. The third-order valence-electron chi connectivity index (χ3n) is 2.80. The zero-order chi connectivity index (χ0) is 8.39. The van der Waals surface area contributed by atoms with Crippen LogP contribution in [0.25, 0.3) is 0 Å². The summed E-state index contributed by atoms with van der Waals surface area (Å²) >= 11 is 0. The average molecular weight is 299 g/mol. The monoisotopic (exact) mass is 299 g/mol. The van der Waals surface area contributed by atoms with Crippen molar-refractivity contribution in [1.29, 1.82) is 0 Å². The minimum Gasteiger partial charge on any atom is -0.350 e. The number of rotatable bonds is 1. The van der Waals surface area contributed by atoms with E-state index in [0.717, 1.165) is 13.2 Å². The zero-order valence-corrected chi connectivity index (χ0v) is 10.4. The lowest BCUT2D eigenvalue weighted by molar-refractivity contribution is -0.0961. The van der Waals surface area contributed by atoms with Crippen LogP contribution >= 0.6 is 24.0 Å². The standard InChI is InChI=1S/C9H17NO2.HI/c1-10-4-2-8(3-5-10)9-11-6-7-12-9;/h8-9H,2-7H2,1H3;1H. The highest BCUT2D eigenvalue weighted by atomic mass is 127. The van der Waals surface area contributed by atoms with Gasteiger partial charge in [0.25, 0.3) is 0 Å². The molecule has 0 bridgehead atoms. The van der Waals surface area contributed by atoms with E-state index in [1.165, 1.54) is 25.9 Å². The Morgan fingerprint density at radius 3 is 2.15 bits per heavy atom. The van der Waals surface area contributed by atoms with Gasteiger partial charge >= 0.3 is 0 Å². The van der Waals surface area contributed by atoms with Crippen LogP contribution in [0.3, 0.4) is 0 Å². The van der Waals surface area contributed by atoms with Crippen molar-refractivity contribution in [3.63, 3.8) is 0 Å². The van der Waals surface area contributed by atoms with Gasteiger partial charge in [0.2, 0.25) is 0 Å². The van der Waals surface area contributed by atoms with Crippen molar-refractivity contribution < 1.29 is 9.47 Å². The molecule has 3 nitrogen and oxygen atoms in total. The lowest BCUT2D eigenvalue weighted by atomic mass is 9.97. The highest BCUT2D eigenvalue weighted by Crippen LogP contribution is 2.24. The molecule has 0 amide bonds. The molecular formula is C9H18INO2. The Bertz CT molecular complexity index is 143. The fraction of sp³-hybridized carbons (Fsp3) is 1.00. The molecule has 0 unspecified atom stereocenters. The third kappa shape index (κ3) is 3.04. The van der Waals surface area contributed by atoms with Gasteiger partial charge in [0, 0.05) is 5.92 Å². The quantitative estimate of drug-likeness (QED) is 0.682. The SMILES string of the molecule is CN1CCC(C2OCCO2)CC1.I. The molecule has 4 heteroatoms. The first-order valence-electron chi connectivity index (χ1n) is 4.78. The van der Waals surface area contributed by atoms with Crippen molar-refractivity contribution in [3.8, 4) is 0 Å². The summed E-state index contributed by atoms with van der Waals surface area (Å²) in [6, 6.07) is 0. The fourth-order valence-corrected chi connectivity index (χ4v) is 1.95. The topological polar surface area (TPSA) is 21.7 Å². The van der Waals surface area contributed by atoms with Crippen LogP contribution in [0.1, 0.15) is 12.8 Å². The molecule has 0 N–H and O–H groups in total. The van der Waals surface area contributed by atoms with Crippen molar-refractivity contribution in [2.24, 2.45) is 5.92 Å². The summed E-state index contributed by atoms with van der Waals surface area (Å²) in [6.45, 7) is 3.95. The van der Waals surface area contributed by atoms with E-state index in [-0.39, 0.29) is 30.3 Å². The minimum atomic E-state index is 0. The van der Waals surface area contributed by atoms with Gasteiger partial charge in [0.1, 0.15) is 0 Å². The summed E-state index contributed by atoms with van der Waals surface area (Å²) in [5.41, 5.74) is 0. The van der Waals surface area contributed by atoms with Crippen LogP contribution in [0.2, 0.25) is 0 Å². The number of hydrogen-bond acceptors (Lipinski definition) is 3. The van der Waals surface area contributed by atoms with Gasteiger partial charge in [0.15, 0.2) is 6.29 Å². The molecule has 2 aliphatic rings. The average Bonchev–Trinajstić information content (AvgIpc) is 2.58. The van der Waals surface area contributed by atoms with Gasteiger partial charge in [-0.2, -0.15) is 0 Å². The predicted molar refractivity (Wildman–Crippen MR) is 61.3 cm³/mol. The molecule has 0 aliphatic carbocycles. The van der Waals surface area contributed by atoms with Gasteiger partial charge in [-0.15, -0.1) is 24.0 Å². The van der Waals surface area contributed by atoms with E-state index in [1.54, 1.807) is 0 Å². The van der Waals surface area contributed by atoms with E-state index in [1.807, 2.05) is 0 Å². The van der Waals surface area contributed by atoms with Gasteiger partial charge in [-0.05, 0) is 33.0 Å². The summed E-state index contributed by atoms with van der Waals surface area (Å²) in [5, 5.41) is 0. The lowest BCUT2D eigenvalue weighted by Crippen LogP contribution is -2.35. The van der Waals surface area contributed by atoms with Crippen molar-refractivity contribution in [3.05, 3.63) is 0 Å². The van der Waals surface area contributed by atoms with Crippen LogP contribution in [0.15, 0.2) is 0 Å². The molecule has 0 atom stereocenters. The van der Waals surface area contributed by atoms with Gasteiger partial charge in [-0.1, -0.05) is 0 Å². The highest BCUT2D eigenvalue weighted by Gasteiger charge is 2.29. The largest absolute Gasteiger partial charge is 0.350 e. The van der Waals surface area contributed by atoms with Crippen molar-refractivity contribution in [2.45, 2.75) is 19.1 Å². The Kier molecular flexibility index (Phi) is 4.93. The molecule has 0 spiro atoms. The number of ether oxygens (including phenoxy) is 2. The highest BCUT2D eigenvalue weighted by molar-refractivity contribution is 14.0. The van der Waals surface area contributed by atoms with E-state index >= 15 is 0 Å². The molecule has 0 radical (unpaired) electrons. The Hall–Kier alpha value is 0.610. The molecule has 2 saturated heterocycles. The van der Waals surface area contributed by atoms with Crippen molar-refractivity contribution >= 4 is 24.0 Å². The third-order valence-corrected chi connectivity index (χ3v) is 2.80. The molecule has 2 fully saturated rings.